The van der Waals surface area contributed by atoms with Crippen LogP contribution in [0.3, 0.4) is 0 Å². The van der Waals surface area contributed by atoms with Crippen LogP contribution >= 0.6 is 11.6 Å². The molecule has 0 heterocycles. The molecule has 0 aliphatic carbocycles. The minimum absolute atomic E-state index is 0.0252. The zero-order chi connectivity index (χ0) is 14.0. The predicted octanol–water partition coefficient (Wildman–Crippen LogP) is 3.24. The summed E-state index contributed by atoms with van der Waals surface area (Å²) in [7, 11) is 1.68. The van der Waals surface area contributed by atoms with Crippen molar-refractivity contribution in [3.05, 3.63) is 42.0 Å². The Labute approximate surface area is 117 Å². The van der Waals surface area contributed by atoms with Crippen molar-refractivity contribution >= 4 is 28.3 Å². The van der Waals surface area contributed by atoms with Gasteiger partial charge in [-0.15, -0.1) is 11.6 Å². The van der Waals surface area contributed by atoms with Crippen molar-refractivity contribution in [3.8, 4) is 5.75 Å². The van der Waals surface area contributed by atoms with Crippen molar-refractivity contribution in [1.29, 1.82) is 0 Å². The number of hydrogen-bond donors (Lipinski definition) is 1. The summed E-state index contributed by atoms with van der Waals surface area (Å²) in [6, 6.07) is 10.9. The maximum atomic E-state index is 12.3. The molecule has 2 aromatic rings. The first kappa shape index (κ1) is 13.7. The maximum Gasteiger partial charge on any atom is 0.257 e. The zero-order valence-corrected chi connectivity index (χ0v) is 11.7. The van der Waals surface area contributed by atoms with Crippen molar-refractivity contribution < 1.29 is 9.90 Å². The highest BCUT2D eigenvalue weighted by atomic mass is 35.5. The first-order valence-corrected chi connectivity index (χ1v) is 6.54. The normalized spacial score (nSPS) is 12.4. The average molecular weight is 278 g/mol. The molecule has 0 fully saturated rings. The van der Waals surface area contributed by atoms with E-state index < -0.39 is 0 Å². The number of benzene rings is 2. The quantitative estimate of drug-likeness (QED) is 0.875. The van der Waals surface area contributed by atoms with Gasteiger partial charge in [0, 0.05) is 24.4 Å². The minimum atomic E-state index is -0.226. The lowest BCUT2D eigenvalue weighted by Crippen LogP contribution is -2.31. The molecule has 3 nitrogen and oxygen atoms in total. The molecule has 1 N–H and O–H groups in total. The summed E-state index contributed by atoms with van der Waals surface area (Å²) in [6.07, 6.45) is 0. The van der Waals surface area contributed by atoms with Crippen LogP contribution in [0.1, 0.15) is 17.3 Å². The van der Waals surface area contributed by atoms with E-state index in [1.165, 1.54) is 4.90 Å². The number of phenols is 1. The smallest absolute Gasteiger partial charge is 0.257 e. The number of amides is 1. The van der Waals surface area contributed by atoms with Crippen LogP contribution in [0, 0.1) is 0 Å². The fraction of sp³-hybridized carbons (Fsp3) is 0.267. The monoisotopic (exact) mass is 277 g/mol. The van der Waals surface area contributed by atoms with Crippen LogP contribution in [0.4, 0.5) is 0 Å². The third-order valence-corrected chi connectivity index (χ3v) is 3.14. The molecule has 0 aliphatic heterocycles. The lowest BCUT2D eigenvalue weighted by molar-refractivity contribution is 0.0793. The van der Waals surface area contributed by atoms with Crippen LogP contribution in [0.15, 0.2) is 36.4 Å². The van der Waals surface area contributed by atoms with Gasteiger partial charge in [-0.2, -0.15) is 0 Å². The molecule has 1 unspecified atom stereocenters. The molecule has 19 heavy (non-hydrogen) atoms. The van der Waals surface area contributed by atoms with Crippen LogP contribution in [-0.2, 0) is 0 Å². The molecule has 0 saturated heterocycles. The topological polar surface area (TPSA) is 40.5 Å². The molecule has 1 atom stereocenters. The summed E-state index contributed by atoms with van der Waals surface area (Å²) in [6.45, 7) is 2.26. The van der Waals surface area contributed by atoms with Gasteiger partial charge in [0.25, 0.3) is 5.91 Å². The van der Waals surface area contributed by atoms with Crippen molar-refractivity contribution in [2.45, 2.75) is 12.3 Å². The highest BCUT2D eigenvalue weighted by molar-refractivity contribution is 6.20. The zero-order valence-electron chi connectivity index (χ0n) is 10.9. The van der Waals surface area contributed by atoms with E-state index in [1.54, 1.807) is 19.2 Å². The number of halogens is 1. The van der Waals surface area contributed by atoms with E-state index in [0.717, 1.165) is 5.39 Å². The van der Waals surface area contributed by atoms with Crippen molar-refractivity contribution in [2.75, 3.05) is 13.6 Å². The number of phenolic OH excluding ortho intramolecular Hbond substituents is 1. The van der Waals surface area contributed by atoms with Gasteiger partial charge >= 0.3 is 0 Å². The molecule has 0 bridgehead atoms. The van der Waals surface area contributed by atoms with Gasteiger partial charge < -0.3 is 10.0 Å². The standard InChI is InChI=1S/C15H16ClNO2/c1-10(16)9-17(2)15(19)13-8-7-11-5-3-4-6-12(11)14(13)18/h3-8,10,18H,9H2,1-2H3. The van der Waals surface area contributed by atoms with Gasteiger partial charge in [0.2, 0.25) is 0 Å². The second-order valence-corrected chi connectivity index (χ2v) is 5.39. The third-order valence-electron chi connectivity index (χ3n) is 3.00. The molecule has 1 amide bonds. The van der Waals surface area contributed by atoms with Gasteiger partial charge in [0.05, 0.1) is 5.56 Å². The Hall–Kier alpha value is -1.74. The van der Waals surface area contributed by atoms with E-state index in [2.05, 4.69) is 0 Å². The summed E-state index contributed by atoms with van der Waals surface area (Å²) >= 11 is 5.88. The average Bonchev–Trinajstić information content (AvgIpc) is 2.38. The Morgan fingerprint density at radius 1 is 1.32 bits per heavy atom. The molecular formula is C15H16ClNO2. The Balaban J connectivity index is 2.40. The lowest BCUT2D eigenvalue weighted by atomic mass is 10.0. The molecular weight excluding hydrogens is 262 g/mol. The van der Waals surface area contributed by atoms with Crippen LogP contribution in [0.5, 0.6) is 5.75 Å². The number of fused-ring (bicyclic) bond motifs is 1. The molecule has 0 radical (unpaired) electrons. The summed E-state index contributed by atoms with van der Waals surface area (Å²) in [5.74, 6) is -0.201. The maximum absolute atomic E-state index is 12.3. The molecule has 100 valence electrons. The number of rotatable bonds is 3. The number of aromatic hydroxyl groups is 1. The number of carbonyl (C=O) groups is 1. The largest absolute Gasteiger partial charge is 0.506 e. The van der Waals surface area contributed by atoms with Gasteiger partial charge in [0.1, 0.15) is 5.75 Å². The van der Waals surface area contributed by atoms with E-state index >= 15 is 0 Å². The lowest BCUT2D eigenvalue weighted by Gasteiger charge is -2.19. The summed E-state index contributed by atoms with van der Waals surface area (Å²) in [5.41, 5.74) is 0.304. The van der Waals surface area contributed by atoms with Crippen LogP contribution in [0.2, 0.25) is 0 Å². The van der Waals surface area contributed by atoms with Crippen LogP contribution in [-0.4, -0.2) is 34.9 Å². The van der Waals surface area contributed by atoms with E-state index in [1.807, 2.05) is 31.2 Å². The highest BCUT2D eigenvalue weighted by Crippen LogP contribution is 2.29. The Kier molecular flexibility index (Phi) is 3.96. The molecule has 2 rings (SSSR count). The number of hydrogen-bond acceptors (Lipinski definition) is 2. The molecule has 4 heteroatoms. The van der Waals surface area contributed by atoms with E-state index in [9.17, 15) is 9.90 Å². The fourth-order valence-corrected chi connectivity index (χ4v) is 2.30. The molecule has 0 saturated carbocycles. The molecule has 0 aromatic heterocycles. The van der Waals surface area contributed by atoms with Gasteiger partial charge in [-0.05, 0) is 18.4 Å². The number of carbonyl (C=O) groups excluding carboxylic acids is 1. The molecule has 0 aliphatic rings. The second kappa shape index (κ2) is 5.49. The van der Waals surface area contributed by atoms with Gasteiger partial charge in [-0.1, -0.05) is 30.3 Å². The van der Waals surface area contributed by atoms with Gasteiger partial charge in [-0.25, -0.2) is 0 Å². The second-order valence-electron chi connectivity index (χ2n) is 4.65. The highest BCUT2D eigenvalue weighted by Gasteiger charge is 2.18. The van der Waals surface area contributed by atoms with Crippen molar-refractivity contribution in [3.63, 3.8) is 0 Å². The van der Waals surface area contributed by atoms with Gasteiger partial charge in [0.15, 0.2) is 0 Å². The minimum Gasteiger partial charge on any atom is -0.506 e. The first-order chi connectivity index (χ1) is 9.00. The van der Waals surface area contributed by atoms with E-state index in [4.69, 9.17) is 11.6 Å². The first-order valence-electron chi connectivity index (χ1n) is 6.11. The SMILES string of the molecule is CC(Cl)CN(C)C(=O)c1ccc2ccccc2c1O. The van der Waals surface area contributed by atoms with Crippen molar-refractivity contribution in [1.82, 2.24) is 4.90 Å². The molecule has 2 aromatic carbocycles. The van der Waals surface area contributed by atoms with E-state index in [-0.39, 0.29) is 17.0 Å². The Bertz CT molecular complexity index is 610. The van der Waals surface area contributed by atoms with Crippen molar-refractivity contribution in [2.24, 2.45) is 0 Å². The summed E-state index contributed by atoms with van der Waals surface area (Å²) < 4.78 is 0. The predicted molar refractivity (Wildman–Crippen MR) is 77.9 cm³/mol. The van der Waals surface area contributed by atoms with E-state index in [0.29, 0.717) is 17.5 Å². The Morgan fingerprint density at radius 3 is 2.68 bits per heavy atom. The molecule has 0 spiro atoms. The van der Waals surface area contributed by atoms with Crippen LogP contribution < -0.4 is 0 Å². The number of alkyl halides is 1. The summed E-state index contributed by atoms with van der Waals surface area (Å²) in [5, 5.41) is 11.7. The van der Waals surface area contributed by atoms with Gasteiger partial charge in [-0.3, -0.25) is 4.79 Å². The summed E-state index contributed by atoms with van der Waals surface area (Å²) in [4.78, 5) is 13.8. The van der Waals surface area contributed by atoms with Crippen LogP contribution in [0.25, 0.3) is 10.8 Å². The Morgan fingerprint density at radius 2 is 2.00 bits per heavy atom. The third kappa shape index (κ3) is 2.82. The fourth-order valence-electron chi connectivity index (χ4n) is 2.09. The number of nitrogens with zero attached hydrogens (tertiary/aromatic N) is 1.